The van der Waals surface area contributed by atoms with Gasteiger partial charge >= 0.3 is 0 Å². The van der Waals surface area contributed by atoms with Gasteiger partial charge in [-0.1, -0.05) is 24.9 Å². The van der Waals surface area contributed by atoms with Crippen LogP contribution in [0.3, 0.4) is 0 Å². The minimum Gasteiger partial charge on any atom is -0.491 e. The zero-order chi connectivity index (χ0) is 15.2. The van der Waals surface area contributed by atoms with Gasteiger partial charge in [0.05, 0.1) is 12.3 Å². The molecule has 0 aliphatic rings. The summed E-state index contributed by atoms with van der Waals surface area (Å²) in [4.78, 5) is 5.70. The number of hydrogen-bond acceptors (Lipinski definition) is 4. The second-order valence-corrected chi connectivity index (χ2v) is 6.87. The molecule has 0 bridgehead atoms. The van der Waals surface area contributed by atoms with Crippen LogP contribution < -0.4 is 10.0 Å². The summed E-state index contributed by atoms with van der Waals surface area (Å²) < 4.78 is 11.2. The predicted octanol–water partition coefficient (Wildman–Crippen LogP) is 3.94. The van der Waals surface area contributed by atoms with E-state index in [1.807, 2.05) is 12.1 Å². The van der Waals surface area contributed by atoms with E-state index in [-0.39, 0.29) is 0 Å². The second kappa shape index (κ2) is 8.09. The predicted molar refractivity (Wildman–Crippen MR) is 93.3 cm³/mol. The number of ether oxygens (including phenoxy) is 2. The van der Waals surface area contributed by atoms with Crippen LogP contribution in [0.1, 0.15) is 18.2 Å². The average molecular weight is 344 g/mol. The maximum atomic E-state index is 6.07. The van der Waals surface area contributed by atoms with Crippen LogP contribution in [0, 0.1) is 0 Å². The van der Waals surface area contributed by atoms with Gasteiger partial charge in [0.15, 0.2) is 4.47 Å². The van der Waals surface area contributed by atoms with Gasteiger partial charge in [-0.3, -0.25) is 0 Å². The van der Waals surface area contributed by atoms with Crippen LogP contribution in [-0.4, -0.2) is 25.3 Å². The fourth-order valence-corrected chi connectivity index (χ4v) is 3.64. The summed E-state index contributed by atoms with van der Waals surface area (Å²) in [6.45, 7) is 3.28. The molecule has 0 amide bonds. The molecule has 114 valence electrons. The smallest absolute Gasteiger partial charge is 0.184 e. The van der Waals surface area contributed by atoms with Crippen LogP contribution in [0.2, 0.25) is 4.47 Å². The maximum Gasteiger partial charge on any atom is 0.184 e. The third-order valence-corrected chi connectivity index (χ3v) is 4.65. The molecule has 0 fully saturated rings. The standard InChI is InChI=1S/C15H19ClNO2PS/c1-3-4-13-14(17-15(16)21-13)10-5-6-11(12(20)9-10)19-8-7-18-2/h5-6,9H,3-4,7-8,20H2,1-2H3. The Morgan fingerprint density at radius 2 is 2.14 bits per heavy atom. The number of aryl methyl sites for hydroxylation is 1. The summed E-state index contributed by atoms with van der Waals surface area (Å²) >= 11 is 7.63. The number of halogens is 1. The van der Waals surface area contributed by atoms with E-state index in [0.29, 0.717) is 17.7 Å². The molecular weight excluding hydrogens is 325 g/mol. The van der Waals surface area contributed by atoms with Crippen molar-refractivity contribution in [2.24, 2.45) is 0 Å². The quantitative estimate of drug-likeness (QED) is 0.563. The van der Waals surface area contributed by atoms with Crippen LogP contribution in [0.25, 0.3) is 11.3 Å². The lowest BCUT2D eigenvalue weighted by atomic mass is 10.1. The molecule has 0 saturated heterocycles. The van der Waals surface area contributed by atoms with Crippen LogP contribution in [0.15, 0.2) is 18.2 Å². The zero-order valence-electron chi connectivity index (χ0n) is 12.2. The summed E-state index contributed by atoms with van der Waals surface area (Å²) in [5.41, 5.74) is 2.06. The van der Waals surface area contributed by atoms with E-state index in [1.165, 1.54) is 4.88 Å². The molecule has 2 aromatic rings. The molecule has 0 N–H and O–H groups in total. The first kappa shape index (κ1) is 16.7. The van der Waals surface area contributed by atoms with Crippen molar-refractivity contribution < 1.29 is 9.47 Å². The number of thiazole rings is 1. The summed E-state index contributed by atoms with van der Waals surface area (Å²) in [6, 6.07) is 6.06. The van der Waals surface area contributed by atoms with E-state index >= 15 is 0 Å². The van der Waals surface area contributed by atoms with Gasteiger partial charge in [-0.05, 0) is 24.6 Å². The summed E-state index contributed by atoms with van der Waals surface area (Å²) in [7, 11) is 4.37. The minimum atomic E-state index is 0.543. The number of benzene rings is 1. The Balaban J connectivity index is 2.23. The Bertz CT molecular complexity index is 603. The van der Waals surface area contributed by atoms with E-state index in [1.54, 1.807) is 18.4 Å². The molecule has 3 nitrogen and oxygen atoms in total. The fraction of sp³-hybridized carbons (Fsp3) is 0.400. The number of methoxy groups -OCH3 is 1. The Morgan fingerprint density at radius 3 is 2.81 bits per heavy atom. The summed E-state index contributed by atoms with van der Waals surface area (Å²) in [5.74, 6) is 0.846. The van der Waals surface area contributed by atoms with Crippen molar-refractivity contribution in [3.8, 4) is 17.0 Å². The molecule has 0 aliphatic heterocycles. The van der Waals surface area contributed by atoms with Crippen molar-refractivity contribution in [2.75, 3.05) is 20.3 Å². The number of hydrogen-bond donors (Lipinski definition) is 0. The third kappa shape index (κ3) is 4.40. The van der Waals surface area contributed by atoms with Gasteiger partial charge < -0.3 is 9.47 Å². The van der Waals surface area contributed by atoms with Crippen LogP contribution in [0.5, 0.6) is 5.75 Å². The first-order valence-corrected chi connectivity index (χ1v) is 8.59. The van der Waals surface area contributed by atoms with Crippen molar-refractivity contribution in [1.29, 1.82) is 0 Å². The normalized spacial score (nSPS) is 10.9. The number of aromatic nitrogens is 1. The molecule has 0 saturated carbocycles. The molecule has 1 aromatic heterocycles. The largest absolute Gasteiger partial charge is 0.491 e. The highest BCUT2D eigenvalue weighted by Gasteiger charge is 2.13. The van der Waals surface area contributed by atoms with E-state index in [2.05, 4.69) is 27.2 Å². The highest BCUT2D eigenvalue weighted by Crippen LogP contribution is 2.32. The number of rotatable bonds is 7. The molecule has 6 heteroatoms. The van der Waals surface area contributed by atoms with E-state index in [4.69, 9.17) is 21.1 Å². The van der Waals surface area contributed by atoms with Crippen LogP contribution in [0.4, 0.5) is 0 Å². The Morgan fingerprint density at radius 1 is 1.33 bits per heavy atom. The Kier molecular flexibility index (Phi) is 6.43. The summed E-state index contributed by atoms with van der Waals surface area (Å²) in [6.07, 6.45) is 2.08. The maximum absolute atomic E-state index is 6.07. The molecule has 0 spiro atoms. The van der Waals surface area contributed by atoms with E-state index < -0.39 is 0 Å². The van der Waals surface area contributed by atoms with Gasteiger partial charge in [-0.2, -0.15) is 0 Å². The molecule has 0 radical (unpaired) electrons. The zero-order valence-corrected chi connectivity index (χ0v) is 14.9. The van der Waals surface area contributed by atoms with E-state index in [9.17, 15) is 0 Å². The van der Waals surface area contributed by atoms with Crippen molar-refractivity contribution in [3.05, 3.63) is 27.5 Å². The molecule has 1 unspecified atom stereocenters. The van der Waals surface area contributed by atoms with Gasteiger partial charge in [0.2, 0.25) is 0 Å². The lowest BCUT2D eigenvalue weighted by molar-refractivity contribution is 0.147. The van der Waals surface area contributed by atoms with Gasteiger partial charge in [-0.15, -0.1) is 20.6 Å². The molecule has 0 aliphatic carbocycles. The summed E-state index contributed by atoms with van der Waals surface area (Å²) in [5, 5.41) is 1.01. The molecule has 1 heterocycles. The first-order chi connectivity index (χ1) is 10.2. The van der Waals surface area contributed by atoms with Gasteiger partial charge in [0.1, 0.15) is 12.4 Å². The van der Waals surface area contributed by atoms with Crippen LogP contribution >= 0.6 is 32.2 Å². The molecule has 1 atom stereocenters. The lowest BCUT2D eigenvalue weighted by Crippen LogP contribution is -2.09. The van der Waals surface area contributed by atoms with Gasteiger partial charge in [0, 0.05) is 22.9 Å². The topological polar surface area (TPSA) is 31.4 Å². The SMILES string of the molecule is CCCc1sc(Cl)nc1-c1ccc(OCCOC)c(P)c1. The number of nitrogens with zero attached hydrogens (tertiary/aromatic N) is 1. The minimum absolute atomic E-state index is 0.543. The van der Waals surface area contributed by atoms with Crippen molar-refractivity contribution >= 4 is 37.5 Å². The second-order valence-electron chi connectivity index (χ2n) is 4.58. The molecular formula is C15H19ClNO2PS. The van der Waals surface area contributed by atoms with Gasteiger partial charge in [-0.25, -0.2) is 4.98 Å². The molecule has 2 rings (SSSR count). The molecule has 21 heavy (non-hydrogen) atoms. The Hall–Kier alpha value is -0.670. The highest BCUT2D eigenvalue weighted by molar-refractivity contribution is 7.27. The molecule has 1 aromatic carbocycles. The van der Waals surface area contributed by atoms with Gasteiger partial charge in [0.25, 0.3) is 0 Å². The van der Waals surface area contributed by atoms with Crippen molar-refractivity contribution in [3.63, 3.8) is 0 Å². The van der Waals surface area contributed by atoms with E-state index in [0.717, 1.165) is 35.2 Å². The Labute approximate surface area is 136 Å². The monoisotopic (exact) mass is 343 g/mol. The third-order valence-electron chi connectivity index (χ3n) is 2.98. The first-order valence-electron chi connectivity index (χ1n) is 6.82. The highest BCUT2D eigenvalue weighted by atomic mass is 35.5. The van der Waals surface area contributed by atoms with Crippen molar-refractivity contribution in [1.82, 2.24) is 4.98 Å². The van der Waals surface area contributed by atoms with Crippen molar-refractivity contribution in [2.45, 2.75) is 19.8 Å². The fourth-order valence-electron chi connectivity index (χ4n) is 2.01. The lowest BCUT2D eigenvalue weighted by Gasteiger charge is -2.10. The van der Waals surface area contributed by atoms with Crippen LogP contribution in [-0.2, 0) is 11.2 Å². The average Bonchev–Trinajstić information content (AvgIpc) is 2.82.